The van der Waals surface area contributed by atoms with Gasteiger partial charge in [0.25, 0.3) is 0 Å². The molecule has 24 heavy (non-hydrogen) atoms. The number of aryl methyl sites for hydroxylation is 2. The first-order valence-corrected chi connectivity index (χ1v) is 7.89. The van der Waals surface area contributed by atoms with E-state index in [1.54, 1.807) is 12.4 Å². The zero-order valence-electron chi connectivity index (χ0n) is 13.5. The van der Waals surface area contributed by atoms with Gasteiger partial charge in [0.1, 0.15) is 5.76 Å². The van der Waals surface area contributed by atoms with E-state index in [4.69, 9.17) is 4.42 Å². The lowest BCUT2D eigenvalue weighted by Crippen LogP contribution is -2.23. The van der Waals surface area contributed by atoms with Gasteiger partial charge in [-0.1, -0.05) is 18.2 Å². The fraction of sp³-hybridized carbons (Fsp3) is 0.211. The molecule has 0 fully saturated rings. The Labute approximate surface area is 140 Å². The highest BCUT2D eigenvalue weighted by Crippen LogP contribution is 2.22. The topological polar surface area (TPSA) is 68.0 Å². The minimum Gasteiger partial charge on any atom is -0.441 e. The van der Waals surface area contributed by atoms with Gasteiger partial charge in [-0.2, -0.15) is 0 Å². The van der Waals surface area contributed by atoms with Crippen molar-refractivity contribution in [1.82, 2.24) is 15.3 Å². The molecular formula is C19H19N3O2. The van der Waals surface area contributed by atoms with E-state index < -0.39 is 0 Å². The molecule has 5 heteroatoms. The van der Waals surface area contributed by atoms with Gasteiger partial charge in [-0.3, -0.25) is 9.78 Å². The van der Waals surface area contributed by atoms with Crippen molar-refractivity contribution in [2.45, 2.75) is 26.3 Å². The summed E-state index contributed by atoms with van der Waals surface area (Å²) < 4.78 is 5.71. The maximum atomic E-state index is 12.0. The number of hydrogen-bond acceptors (Lipinski definition) is 4. The molecule has 1 amide bonds. The molecule has 0 saturated heterocycles. The number of aromatic nitrogens is 2. The van der Waals surface area contributed by atoms with Crippen LogP contribution in [0, 0.1) is 6.92 Å². The minimum absolute atomic E-state index is 0.00419. The fourth-order valence-corrected chi connectivity index (χ4v) is 2.39. The molecule has 2 aromatic heterocycles. The molecule has 0 aliphatic carbocycles. The van der Waals surface area contributed by atoms with Gasteiger partial charge < -0.3 is 9.73 Å². The number of nitrogens with zero attached hydrogens (tertiary/aromatic N) is 2. The van der Waals surface area contributed by atoms with E-state index in [1.165, 1.54) is 0 Å². The first-order valence-electron chi connectivity index (χ1n) is 7.89. The SMILES string of the molecule is Cc1oc(-c2ccccc2)nc1CCC(=O)NCc1ccncc1. The monoisotopic (exact) mass is 321 g/mol. The number of amides is 1. The van der Waals surface area contributed by atoms with Crippen LogP contribution in [0.2, 0.25) is 0 Å². The van der Waals surface area contributed by atoms with Gasteiger partial charge in [-0.15, -0.1) is 0 Å². The van der Waals surface area contributed by atoms with E-state index in [1.807, 2.05) is 49.4 Å². The Balaban J connectivity index is 1.55. The lowest BCUT2D eigenvalue weighted by Gasteiger charge is -2.04. The van der Waals surface area contributed by atoms with Crippen molar-refractivity contribution < 1.29 is 9.21 Å². The molecule has 0 atom stereocenters. The lowest BCUT2D eigenvalue weighted by molar-refractivity contribution is -0.121. The van der Waals surface area contributed by atoms with Crippen LogP contribution in [0.1, 0.15) is 23.4 Å². The Kier molecular flexibility index (Phi) is 5.01. The second-order valence-corrected chi connectivity index (χ2v) is 5.52. The van der Waals surface area contributed by atoms with Crippen LogP contribution in [0.15, 0.2) is 59.3 Å². The molecule has 1 aromatic carbocycles. The number of rotatable bonds is 6. The normalized spacial score (nSPS) is 10.5. The molecule has 0 spiro atoms. The largest absolute Gasteiger partial charge is 0.441 e. The molecule has 5 nitrogen and oxygen atoms in total. The number of benzene rings is 1. The predicted octanol–water partition coefficient (Wildman–Crippen LogP) is 3.29. The molecule has 0 unspecified atom stereocenters. The first-order chi connectivity index (χ1) is 11.7. The van der Waals surface area contributed by atoms with Crippen LogP contribution in [0.4, 0.5) is 0 Å². The van der Waals surface area contributed by atoms with E-state index >= 15 is 0 Å². The summed E-state index contributed by atoms with van der Waals surface area (Å²) in [6.07, 6.45) is 4.37. The summed E-state index contributed by atoms with van der Waals surface area (Å²) in [5.41, 5.74) is 2.80. The molecule has 0 radical (unpaired) electrons. The van der Waals surface area contributed by atoms with Crippen LogP contribution >= 0.6 is 0 Å². The Bertz CT molecular complexity index is 798. The van der Waals surface area contributed by atoms with Crippen molar-refractivity contribution in [3.8, 4) is 11.5 Å². The smallest absolute Gasteiger partial charge is 0.226 e. The Hall–Kier alpha value is -2.95. The maximum Gasteiger partial charge on any atom is 0.226 e. The summed E-state index contributed by atoms with van der Waals surface area (Å²) >= 11 is 0. The summed E-state index contributed by atoms with van der Waals surface area (Å²) in [5.74, 6) is 1.35. The van der Waals surface area contributed by atoms with Gasteiger partial charge in [-0.25, -0.2) is 4.98 Å². The van der Waals surface area contributed by atoms with Crippen LogP contribution in [-0.2, 0) is 17.8 Å². The molecule has 1 N–H and O–H groups in total. The second-order valence-electron chi connectivity index (χ2n) is 5.52. The van der Waals surface area contributed by atoms with Crippen LogP contribution in [0.25, 0.3) is 11.5 Å². The van der Waals surface area contributed by atoms with E-state index in [0.29, 0.717) is 25.3 Å². The number of pyridine rings is 1. The molecule has 122 valence electrons. The quantitative estimate of drug-likeness (QED) is 0.756. The van der Waals surface area contributed by atoms with Gasteiger partial charge in [0, 0.05) is 37.3 Å². The molecular weight excluding hydrogens is 302 g/mol. The molecule has 0 bridgehead atoms. The third kappa shape index (κ3) is 4.07. The summed E-state index contributed by atoms with van der Waals surface area (Å²) in [6, 6.07) is 13.5. The number of carbonyl (C=O) groups excluding carboxylic acids is 1. The van der Waals surface area contributed by atoms with Gasteiger partial charge >= 0.3 is 0 Å². The molecule has 0 saturated carbocycles. The van der Waals surface area contributed by atoms with Crippen LogP contribution in [0.5, 0.6) is 0 Å². The number of hydrogen-bond donors (Lipinski definition) is 1. The standard InChI is InChI=1S/C19H19N3O2/c1-14-17(22-19(24-14)16-5-3-2-4-6-16)7-8-18(23)21-13-15-9-11-20-12-10-15/h2-6,9-12H,7-8,13H2,1H3,(H,21,23). The third-order valence-corrected chi connectivity index (χ3v) is 3.74. The van der Waals surface area contributed by atoms with E-state index in [0.717, 1.165) is 22.6 Å². The molecule has 2 heterocycles. The highest BCUT2D eigenvalue weighted by atomic mass is 16.4. The highest BCUT2D eigenvalue weighted by Gasteiger charge is 2.12. The Morgan fingerprint density at radius 3 is 2.62 bits per heavy atom. The van der Waals surface area contributed by atoms with E-state index in [2.05, 4.69) is 15.3 Å². The van der Waals surface area contributed by atoms with Crippen LogP contribution in [-0.4, -0.2) is 15.9 Å². The van der Waals surface area contributed by atoms with Gasteiger partial charge in [-0.05, 0) is 36.8 Å². The van der Waals surface area contributed by atoms with Crippen LogP contribution in [0.3, 0.4) is 0 Å². The molecule has 3 rings (SSSR count). The van der Waals surface area contributed by atoms with Crippen LogP contribution < -0.4 is 5.32 Å². The number of nitrogens with one attached hydrogen (secondary N) is 1. The zero-order valence-corrected chi connectivity index (χ0v) is 13.5. The number of carbonyl (C=O) groups is 1. The second kappa shape index (κ2) is 7.55. The van der Waals surface area contributed by atoms with Crippen molar-refractivity contribution in [2.24, 2.45) is 0 Å². The van der Waals surface area contributed by atoms with Crippen molar-refractivity contribution in [3.05, 3.63) is 71.9 Å². The van der Waals surface area contributed by atoms with Gasteiger partial charge in [0.2, 0.25) is 11.8 Å². The minimum atomic E-state index is -0.00419. The fourth-order valence-electron chi connectivity index (χ4n) is 2.39. The third-order valence-electron chi connectivity index (χ3n) is 3.74. The summed E-state index contributed by atoms with van der Waals surface area (Å²) in [7, 11) is 0. The summed E-state index contributed by atoms with van der Waals surface area (Å²) in [6.45, 7) is 2.39. The number of oxazole rings is 1. The molecule has 0 aliphatic rings. The highest BCUT2D eigenvalue weighted by molar-refractivity contribution is 5.76. The first kappa shape index (κ1) is 15.9. The average Bonchev–Trinajstić information content (AvgIpc) is 3.01. The lowest BCUT2D eigenvalue weighted by atomic mass is 10.2. The zero-order chi connectivity index (χ0) is 16.8. The molecule has 0 aliphatic heterocycles. The summed E-state index contributed by atoms with van der Waals surface area (Å²) in [5, 5.41) is 2.90. The van der Waals surface area contributed by atoms with Crippen molar-refractivity contribution in [3.63, 3.8) is 0 Å². The Morgan fingerprint density at radius 1 is 1.12 bits per heavy atom. The maximum absolute atomic E-state index is 12.0. The van der Waals surface area contributed by atoms with Gasteiger partial charge in [0.15, 0.2) is 0 Å². The van der Waals surface area contributed by atoms with Crippen molar-refractivity contribution in [2.75, 3.05) is 0 Å². The summed E-state index contributed by atoms with van der Waals surface area (Å²) in [4.78, 5) is 20.5. The average molecular weight is 321 g/mol. The van der Waals surface area contributed by atoms with Crippen molar-refractivity contribution >= 4 is 5.91 Å². The van der Waals surface area contributed by atoms with Gasteiger partial charge in [0.05, 0.1) is 5.69 Å². The molecule has 3 aromatic rings. The van der Waals surface area contributed by atoms with Crippen molar-refractivity contribution in [1.29, 1.82) is 0 Å². The van der Waals surface area contributed by atoms with E-state index in [-0.39, 0.29) is 5.91 Å². The Morgan fingerprint density at radius 2 is 1.88 bits per heavy atom. The van der Waals surface area contributed by atoms with E-state index in [9.17, 15) is 4.79 Å². The predicted molar refractivity (Wildman–Crippen MR) is 91.1 cm³/mol.